The van der Waals surface area contributed by atoms with Crippen LogP contribution >= 0.6 is 23.2 Å². The average molecular weight is 351 g/mol. The fraction of sp³-hybridized carbons (Fsp3) is 0.176. The van der Waals surface area contributed by atoms with E-state index in [9.17, 15) is 9.59 Å². The van der Waals surface area contributed by atoms with Gasteiger partial charge in [-0.05, 0) is 36.8 Å². The fourth-order valence-electron chi connectivity index (χ4n) is 2.01. The minimum atomic E-state index is -0.270. The molecule has 0 bridgehead atoms. The minimum absolute atomic E-state index is 0.160. The van der Waals surface area contributed by atoms with E-state index in [1.165, 1.54) is 6.07 Å². The molecule has 0 heterocycles. The molecule has 0 aliphatic rings. The SMILES string of the molecule is Cc1ccccc1C(=O)NCCNC(=O)c1ccc(Cl)c(Cl)c1. The highest BCUT2D eigenvalue weighted by molar-refractivity contribution is 6.42. The van der Waals surface area contributed by atoms with E-state index in [-0.39, 0.29) is 11.8 Å². The van der Waals surface area contributed by atoms with E-state index >= 15 is 0 Å². The van der Waals surface area contributed by atoms with E-state index in [0.717, 1.165) is 5.56 Å². The molecule has 0 fully saturated rings. The van der Waals surface area contributed by atoms with Crippen molar-refractivity contribution in [3.8, 4) is 0 Å². The van der Waals surface area contributed by atoms with Crippen molar-refractivity contribution in [3.05, 3.63) is 69.2 Å². The highest BCUT2D eigenvalue weighted by atomic mass is 35.5. The Bertz CT molecular complexity index is 732. The van der Waals surface area contributed by atoms with Crippen LogP contribution in [0.4, 0.5) is 0 Å². The number of nitrogens with one attached hydrogen (secondary N) is 2. The lowest BCUT2D eigenvalue weighted by molar-refractivity contribution is 0.0927. The highest BCUT2D eigenvalue weighted by Gasteiger charge is 2.09. The van der Waals surface area contributed by atoms with Crippen LogP contribution in [-0.2, 0) is 0 Å². The van der Waals surface area contributed by atoms with Crippen LogP contribution in [-0.4, -0.2) is 24.9 Å². The summed E-state index contributed by atoms with van der Waals surface area (Å²) in [5.41, 5.74) is 1.96. The number of rotatable bonds is 5. The van der Waals surface area contributed by atoms with Gasteiger partial charge >= 0.3 is 0 Å². The monoisotopic (exact) mass is 350 g/mol. The molecule has 0 spiro atoms. The normalized spacial score (nSPS) is 10.2. The molecule has 0 aliphatic carbocycles. The predicted molar refractivity (Wildman–Crippen MR) is 92.3 cm³/mol. The Kier molecular flexibility index (Phi) is 6.02. The molecule has 0 atom stereocenters. The van der Waals surface area contributed by atoms with Gasteiger partial charge in [0.05, 0.1) is 10.0 Å². The van der Waals surface area contributed by atoms with Gasteiger partial charge < -0.3 is 10.6 Å². The summed E-state index contributed by atoms with van der Waals surface area (Å²) in [5.74, 6) is -0.430. The molecule has 2 aromatic rings. The van der Waals surface area contributed by atoms with Crippen molar-refractivity contribution < 1.29 is 9.59 Å². The van der Waals surface area contributed by atoms with Gasteiger partial charge in [0.15, 0.2) is 0 Å². The second kappa shape index (κ2) is 7.99. The molecule has 2 amide bonds. The summed E-state index contributed by atoms with van der Waals surface area (Å²) in [7, 11) is 0. The fourth-order valence-corrected chi connectivity index (χ4v) is 2.31. The third kappa shape index (κ3) is 4.71. The molecule has 0 saturated carbocycles. The predicted octanol–water partition coefficient (Wildman–Crippen LogP) is 3.46. The lowest BCUT2D eigenvalue weighted by Gasteiger charge is -2.09. The minimum Gasteiger partial charge on any atom is -0.350 e. The Morgan fingerprint density at radius 1 is 0.913 bits per heavy atom. The van der Waals surface area contributed by atoms with Crippen LogP contribution in [0.1, 0.15) is 26.3 Å². The van der Waals surface area contributed by atoms with Crippen LogP contribution in [0.25, 0.3) is 0 Å². The first-order chi connectivity index (χ1) is 11.0. The zero-order valence-corrected chi connectivity index (χ0v) is 14.0. The van der Waals surface area contributed by atoms with Crippen LogP contribution in [0.2, 0.25) is 10.0 Å². The van der Waals surface area contributed by atoms with Crippen molar-refractivity contribution >= 4 is 35.0 Å². The van der Waals surface area contributed by atoms with Crippen LogP contribution in [0.5, 0.6) is 0 Å². The summed E-state index contributed by atoms with van der Waals surface area (Å²) < 4.78 is 0. The zero-order valence-electron chi connectivity index (χ0n) is 12.5. The molecule has 0 aromatic heterocycles. The molecular formula is C17H16Cl2N2O2. The standard InChI is InChI=1S/C17H16Cl2N2O2/c1-11-4-2-3-5-13(11)17(23)21-9-8-20-16(22)12-6-7-14(18)15(19)10-12/h2-7,10H,8-9H2,1H3,(H,20,22)(H,21,23). The first-order valence-electron chi connectivity index (χ1n) is 7.06. The smallest absolute Gasteiger partial charge is 0.251 e. The second-order valence-corrected chi connectivity index (χ2v) is 5.77. The maximum absolute atomic E-state index is 12.0. The summed E-state index contributed by atoms with van der Waals surface area (Å²) in [5, 5.41) is 6.20. The van der Waals surface area contributed by atoms with Crippen molar-refractivity contribution in [2.75, 3.05) is 13.1 Å². The number of halogens is 2. The largest absolute Gasteiger partial charge is 0.350 e. The van der Waals surface area contributed by atoms with Gasteiger partial charge in [-0.1, -0.05) is 41.4 Å². The Balaban J connectivity index is 1.81. The van der Waals surface area contributed by atoms with Crippen LogP contribution in [0.3, 0.4) is 0 Å². The molecule has 0 aliphatic heterocycles. The van der Waals surface area contributed by atoms with Crippen molar-refractivity contribution in [2.24, 2.45) is 0 Å². The molecule has 0 unspecified atom stereocenters. The number of carbonyl (C=O) groups excluding carboxylic acids is 2. The first-order valence-corrected chi connectivity index (χ1v) is 7.81. The van der Waals surface area contributed by atoms with Crippen LogP contribution < -0.4 is 10.6 Å². The Morgan fingerprint density at radius 2 is 1.57 bits per heavy atom. The summed E-state index contributed by atoms with van der Waals surface area (Å²) in [6.07, 6.45) is 0. The third-order valence-electron chi connectivity index (χ3n) is 3.27. The number of hydrogen-bond donors (Lipinski definition) is 2. The Labute approximate surface area is 144 Å². The van der Waals surface area contributed by atoms with Crippen molar-refractivity contribution in [3.63, 3.8) is 0 Å². The number of hydrogen-bond acceptors (Lipinski definition) is 2. The molecular weight excluding hydrogens is 335 g/mol. The summed E-state index contributed by atoms with van der Waals surface area (Å²) in [4.78, 5) is 24.0. The molecule has 0 radical (unpaired) electrons. The topological polar surface area (TPSA) is 58.2 Å². The molecule has 2 rings (SSSR count). The Morgan fingerprint density at radius 3 is 2.22 bits per heavy atom. The molecule has 23 heavy (non-hydrogen) atoms. The van der Waals surface area contributed by atoms with Crippen molar-refractivity contribution in [1.29, 1.82) is 0 Å². The van der Waals surface area contributed by atoms with Crippen molar-refractivity contribution in [2.45, 2.75) is 6.92 Å². The van der Waals surface area contributed by atoms with E-state index < -0.39 is 0 Å². The van der Waals surface area contributed by atoms with Gasteiger partial charge in [-0.3, -0.25) is 9.59 Å². The first kappa shape index (κ1) is 17.3. The quantitative estimate of drug-likeness (QED) is 0.811. The van der Waals surface area contributed by atoms with Gasteiger partial charge in [-0.25, -0.2) is 0 Å². The zero-order chi connectivity index (χ0) is 16.8. The van der Waals surface area contributed by atoms with Crippen molar-refractivity contribution in [1.82, 2.24) is 10.6 Å². The third-order valence-corrected chi connectivity index (χ3v) is 4.01. The van der Waals surface area contributed by atoms with Crippen LogP contribution in [0.15, 0.2) is 42.5 Å². The number of carbonyl (C=O) groups is 2. The average Bonchev–Trinajstić information content (AvgIpc) is 2.54. The second-order valence-electron chi connectivity index (χ2n) is 4.96. The van der Waals surface area contributed by atoms with Gasteiger partial charge in [0.2, 0.25) is 0 Å². The highest BCUT2D eigenvalue weighted by Crippen LogP contribution is 2.22. The summed E-state index contributed by atoms with van der Waals surface area (Å²) in [6.45, 7) is 2.53. The van der Waals surface area contributed by atoms with E-state index in [1.54, 1.807) is 18.2 Å². The Hall–Kier alpha value is -2.04. The van der Waals surface area contributed by atoms with Gasteiger partial charge in [0.25, 0.3) is 11.8 Å². The molecule has 0 saturated heterocycles. The molecule has 2 aromatic carbocycles. The summed E-state index contributed by atoms with van der Waals surface area (Å²) >= 11 is 11.7. The van der Waals surface area contributed by atoms with Crippen LogP contribution in [0, 0.1) is 6.92 Å². The summed E-state index contributed by atoms with van der Waals surface area (Å²) in [6, 6.07) is 12.0. The number of aryl methyl sites for hydroxylation is 1. The van der Waals surface area contributed by atoms with Gasteiger partial charge in [-0.2, -0.15) is 0 Å². The lowest BCUT2D eigenvalue weighted by atomic mass is 10.1. The van der Waals surface area contributed by atoms with Gasteiger partial charge in [0, 0.05) is 24.2 Å². The van der Waals surface area contributed by atoms with Gasteiger partial charge in [0.1, 0.15) is 0 Å². The molecule has 4 nitrogen and oxygen atoms in total. The number of amides is 2. The maximum Gasteiger partial charge on any atom is 0.251 e. The van der Waals surface area contributed by atoms with E-state index in [0.29, 0.717) is 34.3 Å². The van der Waals surface area contributed by atoms with E-state index in [1.807, 2.05) is 25.1 Å². The van der Waals surface area contributed by atoms with E-state index in [4.69, 9.17) is 23.2 Å². The van der Waals surface area contributed by atoms with E-state index in [2.05, 4.69) is 10.6 Å². The lowest BCUT2D eigenvalue weighted by Crippen LogP contribution is -2.34. The number of benzene rings is 2. The molecule has 2 N–H and O–H groups in total. The van der Waals surface area contributed by atoms with Gasteiger partial charge in [-0.15, -0.1) is 0 Å². The molecule has 6 heteroatoms. The molecule has 120 valence electrons. The maximum atomic E-state index is 12.0.